The monoisotopic (exact) mass is 453 g/mol. The van der Waals surface area contributed by atoms with Gasteiger partial charge in [-0.3, -0.25) is 0 Å². The molecule has 104 valence electrons. The number of benzene rings is 2. The minimum absolute atomic E-state index is 0.315. The summed E-state index contributed by atoms with van der Waals surface area (Å²) in [5.74, 6) is -0.0869. The first-order valence-electron chi connectivity index (χ1n) is 6.16. The second kappa shape index (κ2) is 6.11. The predicted octanol–water partition coefficient (Wildman–Crippen LogP) is 4.40. The van der Waals surface area contributed by atoms with Crippen molar-refractivity contribution in [3.05, 3.63) is 73.4 Å². The molecular formula is C16H9BrINO2. The fourth-order valence-electron chi connectivity index (χ4n) is 1.88. The van der Waals surface area contributed by atoms with Crippen molar-refractivity contribution in [3.8, 4) is 0 Å². The van der Waals surface area contributed by atoms with Crippen LogP contribution < -0.4 is 0 Å². The molecule has 0 atom stereocenters. The average molecular weight is 454 g/mol. The quantitative estimate of drug-likeness (QED) is 0.384. The molecule has 0 fully saturated rings. The highest BCUT2D eigenvalue weighted by atomic mass is 127. The van der Waals surface area contributed by atoms with Crippen molar-refractivity contribution < 1.29 is 9.53 Å². The molecule has 2 aromatic carbocycles. The Kier molecular flexibility index (Phi) is 4.21. The zero-order valence-corrected chi connectivity index (χ0v) is 14.5. The molecular weight excluding hydrogens is 445 g/mol. The summed E-state index contributed by atoms with van der Waals surface area (Å²) in [7, 11) is 0. The number of halogens is 2. The highest BCUT2D eigenvalue weighted by Gasteiger charge is 2.23. The molecule has 3 rings (SSSR count). The first kappa shape index (κ1) is 14.5. The number of hydrogen-bond donors (Lipinski definition) is 0. The van der Waals surface area contributed by atoms with Gasteiger partial charge in [-0.1, -0.05) is 28.1 Å². The van der Waals surface area contributed by atoms with Crippen molar-refractivity contribution in [2.24, 2.45) is 4.99 Å². The standard InChI is InChI=1S/C16H9BrINO2/c17-12-6-4-11(5-7-12)15-19-14(16(20)21-15)9-10-2-1-3-13(18)8-10/h1-9H/b14-9-. The number of cyclic esters (lactones) is 1. The molecule has 5 heteroatoms. The van der Waals surface area contributed by atoms with Gasteiger partial charge in [-0.2, -0.15) is 0 Å². The number of carbonyl (C=O) groups is 1. The van der Waals surface area contributed by atoms with Gasteiger partial charge in [0.25, 0.3) is 0 Å². The van der Waals surface area contributed by atoms with Crippen LogP contribution >= 0.6 is 38.5 Å². The Balaban J connectivity index is 1.93. The summed E-state index contributed by atoms with van der Waals surface area (Å²) in [6.07, 6.45) is 1.73. The normalized spacial score (nSPS) is 16.0. The van der Waals surface area contributed by atoms with Crippen molar-refractivity contribution >= 4 is 56.5 Å². The molecule has 2 aromatic rings. The number of carbonyl (C=O) groups excluding carboxylic acids is 1. The first-order valence-corrected chi connectivity index (χ1v) is 8.03. The second-order valence-electron chi connectivity index (χ2n) is 4.40. The van der Waals surface area contributed by atoms with Crippen LogP contribution in [0.1, 0.15) is 11.1 Å². The zero-order valence-electron chi connectivity index (χ0n) is 10.7. The van der Waals surface area contributed by atoms with Crippen molar-refractivity contribution in [2.75, 3.05) is 0 Å². The van der Waals surface area contributed by atoms with E-state index < -0.39 is 5.97 Å². The SMILES string of the molecule is O=C1OC(c2ccc(Br)cc2)=N/C1=C\c1cccc(I)c1. The molecule has 0 aromatic heterocycles. The van der Waals surface area contributed by atoms with Crippen molar-refractivity contribution in [3.63, 3.8) is 0 Å². The van der Waals surface area contributed by atoms with E-state index in [9.17, 15) is 4.79 Å². The van der Waals surface area contributed by atoms with Crippen LogP contribution in [0.2, 0.25) is 0 Å². The molecule has 0 radical (unpaired) electrons. The van der Waals surface area contributed by atoms with Crippen molar-refractivity contribution in [1.82, 2.24) is 0 Å². The van der Waals surface area contributed by atoms with E-state index in [1.807, 2.05) is 48.5 Å². The summed E-state index contributed by atoms with van der Waals surface area (Å²) in [6.45, 7) is 0. The summed E-state index contributed by atoms with van der Waals surface area (Å²) < 4.78 is 7.29. The largest absolute Gasteiger partial charge is 0.402 e. The molecule has 1 heterocycles. The Hall–Kier alpha value is -1.47. The highest BCUT2D eigenvalue weighted by molar-refractivity contribution is 14.1. The number of aliphatic imine (C=N–C) groups is 1. The van der Waals surface area contributed by atoms with E-state index in [1.54, 1.807) is 6.08 Å². The molecule has 0 saturated heterocycles. The van der Waals surface area contributed by atoms with Gasteiger partial charge in [0, 0.05) is 13.6 Å². The van der Waals surface area contributed by atoms with E-state index in [0.717, 1.165) is 19.2 Å². The minimum Gasteiger partial charge on any atom is -0.402 e. The van der Waals surface area contributed by atoms with E-state index in [-0.39, 0.29) is 0 Å². The number of ether oxygens (including phenoxy) is 1. The summed E-state index contributed by atoms with van der Waals surface area (Å²) in [5, 5.41) is 0. The van der Waals surface area contributed by atoms with Crippen LogP contribution in [0.3, 0.4) is 0 Å². The fraction of sp³-hybridized carbons (Fsp3) is 0. The molecule has 0 unspecified atom stereocenters. The van der Waals surface area contributed by atoms with Crippen LogP contribution in [0, 0.1) is 3.57 Å². The fourth-order valence-corrected chi connectivity index (χ4v) is 2.71. The third-order valence-corrected chi connectivity index (χ3v) is 4.06. The van der Waals surface area contributed by atoms with Crippen LogP contribution in [-0.2, 0) is 9.53 Å². The maximum atomic E-state index is 11.9. The van der Waals surface area contributed by atoms with Crippen LogP contribution in [0.4, 0.5) is 0 Å². The van der Waals surface area contributed by atoms with Crippen LogP contribution in [-0.4, -0.2) is 11.9 Å². The molecule has 3 nitrogen and oxygen atoms in total. The Morgan fingerprint density at radius 2 is 1.90 bits per heavy atom. The Morgan fingerprint density at radius 1 is 1.14 bits per heavy atom. The number of esters is 1. The molecule has 1 aliphatic heterocycles. The molecule has 0 amide bonds. The summed E-state index contributed by atoms with van der Waals surface area (Å²) in [4.78, 5) is 16.2. The number of hydrogen-bond acceptors (Lipinski definition) is 3. The van der Waals surface area contributed by atoms with E-state index >= 15 is 0 Å². The van der Waals surface area contributed by atoms with E-state index in [2.05, 4.69) is 43.5 Å². The van der Waals surface area contributed by atoms with Gasteiger partial charge in [0.05, 0.1) is 0 Å². The molecule has 0 bridgehead atoms. The molecule has 21 heavy (non-hydrogen) atoms. The van der Waals surface area contributed by atoms with E-state index in [0.29, 0.717) is 11.6 Å². The molecule has 1 aliphatic rings. The zero-order chi connectivity index (χ0) is 14.8. The summed E-state index contributed by atoms with van der Waals surface area (Å²) >= 11 is 5.60. The summed E-state index contributed by atoms with van der Waals surface area (Å²) in [6, 6.07) is 15.3. The van der Waals surface area contributed by atoms with Gasteiger partial charge >= 0.3 is 5.97 Å². The first-order chi connectivity index (χ1) is 10.1. The Labute approximate surface area is 144 Å². The van der Waals surface area contributed by atoms with Crippen LogP contribution in [0.25, 0.3) is 6.08 Å². The lowest BCUT2D eigenvalue weighted by atomic mass is 10.2. The lowest BCUT2D eigenvalue weighted by Crippen LogP contribution is -2.05. The molecule has 0 N–H and O–H groups in total. The Bertz CT molecular complexity index is 766. The molecule has 0 saturated carbocycles. The Morgan fingerprint density at radius 3 is 2.62 bits per heavy atom. The number of nitrogens with zero attached hydrogens (tertiary/aromatic N) is 1. The maximum absolute atomic E-state index is 11.9. The van der Waals surface area contributed by atoms with Gasteiger partial charge in [-0.15, -0.1) is 0 Å². The van der Waals surface area contributed by atoms with Gasteiger partial charge < -0.3 is 4.74 Å². The van der Waals surface area contributed by atoms with Gasteiger partial charge in [0.2, 0.25) is 5.90 Å². The molecule has 0 aliphatic carbocycles. The maximum Gasteiger partial charge on any atom is 0.363 e. The smallest absolute Gasteiger partial charge is 0.363 e. The average Bonchev–Trinajstić information content (AvgIpc) is 2.81. The molecule has 0 spiro atoms. The third kappa shape index (κ3) is 3.41. The minimum atomic E-state index is -0.424. The van der Waals surface area contributed by atoms with Gasteiger partial charge in [-0.25, -0.2) is 9.79 Å². The van der Waals surface area contributed by atoms with Crippen molar-refractivity contribution in [2.45, 2.75) is 0 Å². The van der Waals surface area contributed by atoms with Gasteiger partial charge in [-0.05, 0) is 70.6 Å². The summed E-state index contributed by atoms with van der Waals surface area (Å²) in [5.41, 5.74) is 2.02. The van der Waals surface area contributed by atoms with E-state index in [4.69, 9.17) is 4.74 Å². The van der Waals surface area contributed by atoms with Crippen molar-refractivity contribution in [1.29, 1.82) is 0 Å². The van der Waals surface area contributed by atoms with Crippen LogP contribution in [0.5, 0.6) is 0 Å². The second-order valence-corrected chi connectivity index (χ2v) is 6.56. The number of rotatable bonds is 2. The lowest BCUT2D eigenvalue weighted by molar-refractivity contribution is -0.129. The van der Waals surface area contributed by atoms with Gasteiger partial charge in [0.1, 0.15) is 0 Å². The highest BCUT2D eigenvalue weighted by Crippen LogP contribution is 2.21. The topological polar surface area (TPSA) is 38.7 Å². The van der Waals surface area contributed by atoms with E-state index in [1.165, 1.54) is 0 Å². The lowest BCUT2D eigenvalue weighted by Gasteiger charge is -1.98. The third-order valence-electron chi connectivity index (χ3n) is 2.86. The van der Waals surface area contributed by atoms with Crippen LogP contribution in [0.15, 0.2) is 63.7 Å². The van der Waals surface area contributed by atoms with Gasteiger partial charge in [0.15, 0.2) is 5.70 Å². The predicted molar refractivity (Wildman–Crippen MR) is 93.9 cm³/mol.